The number of aryl methyl sites for hydroxylation is 2. The van der Waals surface area contributed by atoms with Crippen LogP contribution in [0.4, 0.5) is 5.69 Å². The summed E-state index contributed by atoms with van der Waals surface area (Å²) in [6.45, 7) is 4.59. The zero-order valence-electron chi connectivity index (χ0n) is 11.2. The number of anilines is 1. The smallest absolute Gasteiger partial charge is 0.261 e. The Bertz CT molecular complexity index is 570. The molecule has 0 saturated carbocycles. The second-order valence-corrected chi connectivity index (χ2v) is 5.68. The van der Waals surface area contributed by atoms with Crippen LogP contribution in [0.2, 0.25) is 0 Å². The number of nitrogens with two attached hydrogens (primary N) is 1. The lowest BCUT2D eigenvalue weighted by Crippen LogP contribution is -2.22. The second-order valence-electron chi connectivity index (χ2n) is 4.43. The maximum atomic E-state index is 12.0. The Kier molecular flexibility index (Phi) is 4.22. The van der Waals surface area contributed by atoms with Crippen LogP contribution in [0.1, 0.15) is 32.6 Å². The number of carbonyl (C=O) groups excluding carboxylic acids is 1. The van der Waals surface area contributed by atoms with E-state index in [1.807, 2.05) is 25.1 Å². The molecule has 0 atom stereocenters. The predicted octanol–water partition coefficient (Wildman–Crippen LogP) is 3.13. The molecule has 0 unspecified atom stereocenters. The Labute approximate surface area is 117 Å². The number of hydrogen-bond donors (Lipinski definition) is 2. The lowest BCUT2D eigenvalue weighted by molar-refractivity contribution is 0.0955. The van der Waals surface area contributed by atoms with Gasteiger partial charge in [0.2, 0.25) is 0 Å². The number of nitrogen functional groups attached to an aromatic ring is 1. The third-order valence-electron chi connectivity index (χ3n) is 3.12. The standard InChI is InChI=1S/C15H18N2OS/c1-3-11-6-4-5-7-12(11)9-17-15(18)14-8-13(16)10(2)19-14/h4-8H,3,9,16H2,1-2H3,(H,17,18). The molecule has 3 nitrogen and oxygen atoms in total. The molecule has 2 aromatic rings. The first-order valence-electron chi connectivity index (χ1n) is 6.32. The minimum atomic E-state index is -0.0595. The first-order valence-corrected chi connectivity index (χ1v) is 7.14. The number of thiophene rings is 1. The van der Waals surface area contributed by atoms with Gasteiger partial charge in [-0.3, -0.25) is 4.79 Å². The summed E-state index contributed by atoms with van der Waals surface area (Å²) in [6.07, 6.45) is 0.969. The fourth-order valence-electron chi connectivity index (χ4n) is 1.95. The fraction of sp³-hybridized carbons (Fsp3) is 0.267. The van der Waals surface area contributed by atoms with E-state index in [-0.39, 0.29) is 5.91 Å². The van der Waals surface area contributed by atoms with Crippen molar-refractivity contribution in [1.29, 1.82) is 0 Å². The molecule has 0 fully saturated rings. The normalized spacial score (nSPS) is 10.4. The molecule has 0 bridgehead atoms. The van der Waals surface area contributed by atoms with Crippen molar-refractivity contribution < 1.29 is 4.79 Å². The molecule has 1 aromatic carbocycles. The van der Waals surface area contributed by atoms with Gasteiger partial charge in [0.1, 0.15) is 0 Å². The van der Waals surface area contributed by atoms with E-state index in [0.29, 0.717) is 17.1 Å². The van der Waals surface area contributed by atoms with Crippen LogP contribution in [0.5, 0.6) is 0 Å². The van der Waals surface area contributed by atoms with Gasteiger partial charge in [-0.2, -0.15) is 0 Å². The van der Waals surface area contributed by atoms with Gasteiger partial charge in [-0.1, -0.05) is 31.2 Å². The van der Waals surface area contributed by atoms with Crippen LogP contribution in [0.3, 0.4) is 0 Å². The molecule has 2 rings (SSSR count). The van der Waals surface area contributed by atoms with E-state index in [1.165, 1.54) is 22.5 Å². The maximum absolute atomic E-state index is 12.0. The van der Waals surface area contributed by atoms with Crippen molar-refractivity contribution in [2.45, 2.75) is 26.8 Å². The highest BCUT2D eigenvalue weighted by atomic mass is 32.1. The van der Waals surface area contributed by atoms with Gasteiger partial charge in [-0.05, 0) is 30.5 Å². The van der Waals surface area contributed by atoms with E-state index in [0.717, 1.165) is 11.3 Å². The van der Waals surface area contributed by atoms with Crippen molar-refractivity contribution in [1.82, 2.24) is 5.32 Å². The predicted molar refractivity (Wildman–Crippen MR) is 80.5 cm³/mol. The van der Waals surface area contributed by atoms with E-state index >= 15 is 0 Å². The van der Waals surface area contributed by atoms with Crippen LogP contribution in [-0.2, 0) is 13.0 Å². The Morgan fingerprint density at radius 1 is 1.32 bits per heavy atom. The van der Waals surface area contributed by atoms with Crippen molar-refractivity contribution in [3.05, 3.63) is 51.2 Å². The van der Waals surface area contributed by atoms with Crippen molar-refractivity contribution in [2.24, 2.45) is 0 Å². The topological polar surface area (TPSA) is 55.1 Å². The average molecular weight is 274 g/mol. The van der Waals surface area contributed by atoms with Crippen LogP contribution in [0.15, 0.2) is 30.3 Å². The third kappa shape index (κ3) is 3.15. The average Bonchev–Trinajstić information content (AvgIpc) is 2.76. The summed E-state index contributed by atoms with van der Waals surface area (Å²) < 4.78 is 0. The molecule has 0 aliphatic heterocycles. The van der Waals surface area contributed by atoms with Gasteiger partial charge in [-0.25, -0.2) is 0 Å². The molecule has 100 valence electrons. The monoisotopic (exact) mass is 274 g/mol. The number of hydrogen-bond acceptors (Lipinski definition) is 3. The van der Waals surface area contributed by atoms with Gasteiger partial charge >= 0.3 is 0 Å². The quantitative estimate of drug-likeness (QED) is 0.900. The molecular weight excluding hydrogens is 256 g/mol. The highest BCUT2D eigenvalue weighted by Crippen LogP contribution is 2.23. The molecule has 0 aliphatic carbocycles. The van der Waals surface area contributed by atoms with Crippen LogP contribution < -0.4 is 11.1 Å². The zero-order chi connectivity index (χ0) is 13.8. The highest BCUT2D eigenvalue weighted by molar-refractivity contribution is 7.14. The number of rotatable bonds is 4. The molecule has 0 radical (unpaired) electrons. The lowest BCUT2D eigenvalue weighted by atomic mass is 10.1. The van der Waals surface area contributed by atoms with Crippen LogP contribution in [0, 0.1) is 6.92 Å². The van der Waals surface area contributed by atoms with E-state index in [9.17, 15) is 4.79 Å². The molecule has 0 aliphatic rings. The number of benzene rings is 1. The summed E-state index contributed by atoms with van der Waals surface area (Å²) in [4.78, 5) is 13.7. The van der Waals surface area contributed by atoms with Crippen molar-refractivity contribution in [3.63, 3.8) is 0 Å². The Morgan fingerprint density at radius 2 is 2.00 bits per heavy atom. The fourth-order valence-corrected chi connectivity index (χ4v) is 2.80. The number of amides is 1. The van der Waals surface area contributed by atoms with Crippen LogP contribution in [-0.4, -0.2) is 5.91 Å². The van der Waals surface area contributed by atoms with E-state index in [1.54, 1.807) is 6.07 Å². The summed E-state index contributed by atoms with van der Waals surface area (Å²) in [6, 6.07) is 9.89. The van der Waals surface area contributed by atoms with E-state index in [2.05, 4.69) is 18.3 Å². The Balaban J connectivity index is 2.04. The molecule has 1 heterocycles. The summed E-state index contributed by atoms with van der Waals surface area (Å²) in [5.41, 5.74) is 8.88. The summed E-state index contributed by atoms with van der Waals surface area (Å²) >= 11 is 1.43. The summed E-state index contributed by atoms with van der Waals surface area (Å²) in [5, 5.41) is 2.95. The molecule has 0 saturated heterocycles. The van der Waals surface area contributed by atoms with E-state index in [4.69, 9.17) is 5.73 Å². The summed E-state index contributed by atoms with van der Waals surface area (Å²) in [7, 11) is 0. The number of carbonyl (C=O) groups is 1. The van der Waals surface area contributed by atoms with Crippen molar-refractivity contribution in [3.8, 4) is 0 Å². The second kappa shape index (κ2) is 5.89. The van der Waals surface area contributed by atoms with Gasteiger partial charge in [0.25, 0.3) is 5.91 Å². The van der Waals surface area contributed by atoms with Gasteiger partial charge in [-0.15, -0.1) is 11.3 Å². The first-order chi connectivity index (χ1) is 9.11. The highest BCUT2D eigenvalue weighted by Gasteiger charge is 2.11. The maximum Gasteiger partial charge on any atom is 0.261 e. The molecule has 0 spiro atoms. The lowest BCUT2D eigenvalue weighted by Gasteiger charge is -2.08. The van der Waals surface area contributed by atoms with Gasteiger partial charge in [0.15, 0.2) is 0 Å². The van der Waals surface area contributed by atoms with Crippen LogP contribution in [0.25, 0.3) is 0 Å². The van der Waals surface area contributed by atoms with Crippen molar-refractivity contribution in [2.75, 3.05) is 5.73 Å². The number of nitrogens with one attached hydrogen (secondary N) is 1. The first kappa shape index (κ1) is 13.6. The minimum absolute atomic E-state index is 0.0595. The molecule has 1 amide bonds. The van der Waals surface area contributed by atoms with E-state index < -0.39 is 0 Å². The molecule has 19 heavy (non-hydrogen) atoms. The Morgan fingerprint density at radius 3 is 2.58 bits per heavy atom. The van der Waals surface area contributed by atoms with Gasteiger partial charge in [0, 0.05) is 17.1 Å². The molecular formula is C15H18N2OS. The van der Waals surface area contributed by atoms with Gasteiger partial charge < -0.3 is 11.1 Å². The molecule has 3 N–H and O–H groups in total. The van der Waals surface area contributed by atoms with Crippen LogP contribution >= 0.6 is 11.3 Å². The molecule has 4 heteroatoms. The third-order valence-corrected chi connectivity index (χ3v) is 4.18. The van der Waals surface area contributed by atoms with Crippen molar-refractivity contribution >= 4 is 22.9 Å². The zero-order valence-corrected chi connectivity index (χ0v) is 12.0. The largest absolute Gasteiger partial charge is 0.398 e. The Hall–Kier alpha value is -1.81. The van der Waals surface area contributed by atoms with Gasteiger partial charge in [0.05, 0.1) is 4.88 Å². The molecule has 1 aromatic heterocycles. The minimum Gasteiger partial charge on any atom is -0.398 e. The SMILES string of the molecule is CCc1ccccc1CNC(=O)c1cc(N)c(C)s1. The summed E-state index contributed by atoms with van der Waals surface area (Å²) in [5.74, 6) is -0.0595.